The predicted octanol–water partition coefficient (Wildman–Crippen LogP) is 3.63. The van der Waals surface area contributed by atoms with Gasteiger partial charge in [-0.15, -0.1) is 0 Å². The Bertz CT molecular complexity index is 496. The molecule has 2 N–H and O–H groups in total. The van der Waals surface area contributed by atoms with E-state index in [1.165, 1.54) is 0 Å². The third kappa shape index (κ3) is 3.56. The number of rotatable bonds is 2. The monoisotopic (exact) mass is 254 g/mol. The Morgan fingerprint density at radius 2 is 2.19 bits per heavy atom. The molecule has 0 fully saturated rings. The molecule has 6 heteroatoms. The van der Waals surface area contributed by atoms with Crippen molar-refractivity contribution >= 4 is 28.9 Å². The quantitative estimate of drug-likeness (QED) is 0.215. The zero-order valence-electron chi connectivity index (χ0n) is 8.24. The molecule has 4 nitrogen and oxygen atoms in total. The molecule has 82 valence electrons. The molecule has 0 bridgehead atoms. The van der Waals surface area contributed by atoms with Gasteiger partial charge in [-0.25, -0.2) is 0 Å². The third-order valence-corrected chi connectivity index (χ3v) is 2.25. The second-order valence-corrected chi connectivity index (χ2v) is 3.70. The highest BCUT2D eigenvalue weighted by Gasteiger charge is 2.02. The summed E-state index contributed by atoms with van der Waals surface area (Å²) in [6.07, 6.45) is 0.466. The normalized spacial score (nSPS) is 8.88. The molecule has 0 amide bonds. The number of hydrogen-bond donors (Lipinski definition) is 1. The van der Waals surface area contributed by atoms with E-state index in [4.69, 9.17) is 34.5 Å². The fourth-order valence-corrected chi connectivity index (χ4v) is 1.49. The van der Waals surface area contributed by atoms with Gasteiger partial charge in [-0.05, 0) is 17.7 Å². The maximum Gasteiger partial charge on any atom is 0.0663 e. The highest BCUT2D eigenvalue weighted by molar-refractivity contribution is 6.36. The van der Waals surface area contributed by atoms with Gasteiger partial charge in [0.1, 0.15) is 0 Å². The molecule has 1 rings (SSSR count). The van der Waals surface area contributed by atoms with E-state index >= 15 is 0 Å². The summed E-state index contributed by atoms with van der Waals surface area (Å²) in [7, 11) is 0. The van der Waals surface area contributed by atoms with Crippen molar-refractivity contribution in [3.05, 3.63) is 38.2 Å². The van der Waals surface area contributed by atoms with E-state index < -0.39 is 0 Å². The number of benzene rings is 1. The molecule has 1 aromatic carbocycles. The first-order valence-corrected chi connectivity index (χ1v) is 5.15. The number of anilines is 1. The lowest BCUT2D eigenvalue weighted by molar-refractivity contribution is 1.01. The van der Waals surface area contributed by atoms with E-state index in [9.17, 15) is 0 Å². The maximum atomic E-state index is 8.05. The number of halogens is 2. The molecule has 0 heterocycles. The van der Waals surface area contributed by atoms with Crippen molar-refractivity contribution in [2.75, 3.05) is 12.3 Å². The molecule has 0 radical (unpaired) electrons. The molecular formula is C10H8Cl2N4. The summed E-state index contributed by atoms with van der Waals surface area (Å²) in [6, 6.07) is 3.20. The van der Waals surface area contributed by atoms with Crippen LogP contribution in [0.3, 0.4) is 0 Å². The highest BCUT2D eigenvalue weighted by atomic mass is 35.5. The smallest absolute Gasteiger partial charge is 0.0663 e. The van der Waals surface area contributed by atoms with Gasteiger partial charge in [0, 0.05) is 22.9 Å². The lowest BCUT2D eigenvalue weighted by atomic mass is 10.2. The van der Waals surface area contributed by atoms with Crippen molar-refractivity contribution in [1.29, 1.82) is 0 Å². The van der Waals surface area contributed by atoms with E-state index in [-0.39, 0.29) is 0 Å². The number of nitrogen functional groups attached to an aromatic ring is 1. The number of nitrogens with two attached hydrogens (primary N) is 1. The lowest BCUT2D eigenvalue weighted by Crippen LogP contribution is -1.91. The van der Waals surface area contributed by atoms with Gasteiger partial charge in [0.25, 0.3) is 0 Å². The largest absolute Gasteiger partial charge is 0.397 e. The Balaban J connectivity index is 2.84. The zero-order chi connectivity index (χ0) is 12.0. The van der Waals surface area contributed by atoms with Crippen LogP contribution in [-0.2, 0) is 0 Å². The zero-order valence-corrected chi connectivity index (χ0v) is 9.76. The summed E-state index contributed by atoms with van der Waals surface area (Å²) in [4.78, 5) is 2.62. The van der Waals surface area contributed by atoms with E-state index in [1.54, 1.807) is 12.1 Å². The van der Waals surface area contributed by atoms with Crippen molar-refractivity contribution in [3.63, 3.8) is 0 Å². The molecule has 0 saturated carbocycles. The van der Waals surface area contributed by atoms with Gasteiger partial charge in [-0.2, -0.15) is 0 Å². The van der Waals surface area contributed by atoms with Crippen LogP contribution in [0.4, 0.5) is 5.69 Å². The van der Waals surface area contributed by atoms with E-state index in [0.29, 0.717) is 34.3 Å². The Morgan fingerprint density at radius 1 is 1.44 bits per heavy atom. The standard InChI is InChI=1S/C10H8Cl2N4/c11-8-5-7(10(13)9(12)6-8)3-1-2-4-15-16-14/h5-6H,2,4,13H2. The average Bonchev–Trinajstić information content (AvgIpc) is 2.24. The Kier molecular flexibility index (Phi) is 4.81. The van der Waals surface area contributed by atoms with E-state index in [0.717, 1.165) is 0 Å². The molecule has 0 aliphatic carbocycles. The van der Waals surface area contributed by atoms with E-state index in [2.05, 4.69) is 21.9 Å². The molecule has 0 atom stereocenters. The fourth-order valence-electron chi connectivity index (χ4n) is 0.997. The molecule has 0 aromatic heterocycles. The number of azide groups is 1. The van der Waals surface area contributed by atoms with Crippen LogP contribution < -0.4 is 5.73 Å². The minimum absolute atomic E-state index is 0.331. The van der Waals surface area contributed by atoms with Gasteiger partial charge >= 0.3 is 0 Å². The first-order valence-electron chi connectivity index (χ1n) is 4.39. The SMILES string of the molecule is [N-]=[N+]=NCCC#Cc1cc(Cl)cc(Cl)c1N. The molecule has 1 aromatic rings. The van der Waals surface area contributed by atoms with Crippen LogP contribution in [0.25, 0.3) is 10.4 Å². The molecule has 0 saturated heterocycles. The number of hydrogen-bond acceptors (Lipinski definition) is 2. The topological polar surface area (TPSA) is 74.8 Å². The molecule has 0 aliphatic rings. The Hall–Kier alpha value is -1.53. The van der Waals surface area contributed by atoms with Gasteiger partial charge in [-0.1, -0.05) is 40.2 Å². The number of nitrogens with zero attached hydrogens (tertiary/aromatic N) is 3. The van der Waals surface area contributed by atoms with Crippen molar-refractivity contribution in [3.8, 4) is 11.8 Å². The lowest BCUT2D eigenvalue weighted by Gasteiger charge is -2.01. The van der Waals surface area contributed by atoms with Crippen LogP contribution in [0.2, 0.25) is 10.0 Å². The second-order valence-electron chi connectivity index (χ2n) is 2.86. The maximum absolute atomic E-state index is 8.05. The average molecular weight is 255 g/mol. The molecule has 16 heavy (non-hydrogen) atoms. The van der Waals surface area contributed by atoms with E-state index in [1.807, 2.05) is 0 Å². The summed E-state index contributed by atoms with van der Waals surface area (Å²) in [5.41, 5.74) is 14.8. The first-order chi connectivity index (χ1) is 7.65. The summed E-state index contributed by atoms with van der Waals surface area (Å²) in [5, 5.41) is 4.22. The Labute approximate surface area is 103 Å². The molecule has 0 unspecified atom stereocenters. The van der Waals surface area contributed by atoms with Crippen LogP contribution in [0.1, 0.15) is 12.0 Å². The van der Waals surface area contributed by atoms with Gasteiger partial charge in [0.15, 0.2) is 0 Å². The third-order valence-electron chi connectivity index (χ3n) is 1.72. The van der Waals surface area contributed by atoms with Crippen LogP contribution >= 0.6 is 23.2 Å². The fraction of sp³-hybridized carbons (Fsp3) is 0.200. The van der Waals surface area contributed by atoms with Gasteiger partial charge in [0.2, 0.25) is 0 Å². The Morgan fingerprint density at radius 3 is 2.88 bits per heavy atom. The molecular weight excluding hydrogens is 247 g/mol. The van der Waals surface area contributed by atoms with Crippen LogP contribution in [-0.4, -0.2) is 6.54 Å². The van der Waals surface area contributed by atoms with Gasteiger partial charge < -0.3 is 5.73 Å². The predicted molar refractivity (Wildman–Crippen MR) is 66.4 cm³/mol. The summed E-state index contributed by atoms with van der Waals surface area (Å²) < 4.78 is 0. The minimum Gasteiger partial charge on any atom is -0.397 e. The summed E-state index contributed by atoms with van der Waals surface area (Å²) >= 11 is 11.6. The van der Waals surface area contributed by atoms with Crippen molar-refractivity contribution in [2.24, 2.45) is 5.11 Å². The van der Waals surface area contributed by atoms with Crippen LogP contribution in [0.15, 0.2) is 17.2 Å². The molecule has 0 spiro atoms. The second kappa shape index (κ2) is 6.14. The highest BCUT2D eigenvalue weighted by Crippen LogP contribution is 2.26. The van der Waals surface area contributed by atoms with Gasteiger partial charge in [-0.3, -0.25) is 0 Å². The van der Waals surface area contributed by atoms with Crippen LogP contribution in [0, 0.1) is 11.8 Å². The summed E-state index contributed by atoms with van der Waals surface area (Å²) in [5.74, 6) is 5.65. The minimum atomic E-state index is 0.331. The van der Waals surface area contributed by atoms with Crippen molar-refractivity contribution in [2.45, 2.75) is 6.42 Å². The van der Waals surface area contributed by atoms with Crippen molar-refractivity contribution in [1.82, 2.24) is 0 Å². The summed E-state index contributed by atoms with van der Waals surface area (Å²) in [6.45, 7) is 0.331. The first kappa shape index (κ1) is 12.5. The van der Waals surface area contributed by atoms with Gasteiger partial charge in [0.05, 0.1) is 16.3 Å². The van der Waals surface area contributed by atoms with Crippen LogP contribution in [0.5, 0.6) is 0 Å². The molecule has 0 aliphatic heterocycles. The van der Waals surface area contributed by atoms with Crippen molar-refractivity contribution < 1.29 is 0 Å².